The van der Waals surface area contributed by atoms with E-state index in [0.717, 1.165) is 34.0 Å². The number of aliphatic imine (C=N–C) groups is 2. The van der Waals surface area contributed by atoms with Gasteiger partial charge >= 0.3 is 0 Å². The largest absolute Gasteiger partial charge is 0.309 e. The Morgan fingerprint density at radius 1 is 0.386 bits per heavy atom. The smallest absolute Gasteiger partial charge is 0.155 e. The zero-order chi connectivity index (χ0) is 46.1. The molecular weight excluding hydrogens is 849 g/mol. The first-order valence-electron chi connectivity index (χ1n) is 24.4. The summed E-state index contributed by atoms with van der Waals surface area (Å²) in [5.41, 5.74) is 13.6. The van der Waals surface area contributed by atoms with Crippen LogP contribution in [0.4, 0.5) is 0 Å². The first kappa shape index (κ1) is 39.2. The van der Waals surface area contributed by atoms with Gasteiger partial charge in [-0.15, -0.1) is 0 Å². The number of hydrogen-bond donors (Lipinski definition) is 0. The van der Waals surface area contributed by atoms with Crippen molar-refractivity contribution in [3.63, 3.8) is 0 Å². The molecular formula is C66H44N4. The second kappa shape index (κ2) is 14.8. The van der Waals surface area contributed by atoms with Gasteiger partial charge in [-0.2, -0.15) is 0 Å². The normalized spacial score (nSPS) is 17.7. The van der Waals surface area contributed by atoms with Gasteiger partial charge in [0.05, 0.1) is 27.8 Å². The van der Waals surface area contributed by atoms with Crippen LogP contribution >= 0.6 is 0 Å². The number of nitrogens with zero attached hydrogens (tertiary/aromatic N) is 4. The van der Waals surface area contributed by atoms with E-state index < -0.39 is 0 Å². The van der Waals surface area contributed by atoms with Crippen LogP contribution in [-0.4, -0.2) is 20.7 Å². The predicted octanol–water partition coefficient (Wildman–Crippen LogP) is 16.4. The van der Waals surface area contributed by atoms with Crippen molar-refractivity contribution in [2.45, 2.75) is 12.5 Å². The average molecular weight is 893 g/mol. The minimum absolute atomic E-state index is 0.162. The Kier molecular flexibility index (Phi) is 8.29. The SMILES string of the molecule is CC1C2C(c3cccc4cc(-n5c6cc(-c7ccccc7)ccc6c6cc7c8c9ccccc9ccc8n(-c8ccc9ccccc9c8)c7cc65)ccc34)=NC(c3ccccc3)=NC12c1ccccc1. The van der Waals surface area contributed by atoms with Gasteiger partial charge in [0.15, 0.2) is 5.84 Å². The van der Waals surface area contributed by atoms with E-state index >= 15 is 0 Å². The van der Waals surface area contributed by atoms with E-state index in [2.05, 4.69) is 253 Å². The average Bonchev–Trinajstić information content (AvgIpc) is 3.72. The number of fused-ring (bicyclic) bond motifs is 11. The molecule has 0 N–H and O–H groups in total. The second-order valence-electron chi connectivity index (χ2n) is 19.3. The van der Waals surface area contributed by atoms with Crippen LogP contribution in [-0.2, 0) is 5.54 Å². The molecule has 1 aliphatic heterocycles. The molecule has 3 atom stereocenters. The number of rotatable bonds is 6. The molecule has 70 heavy (non-hydrogen) atoms. The summed E-state index contributed by atoms with van der Waals surface area (Å²) >= 11 is 0. The summed E-state index contributed by atoms with van der Waals surface area (Å²) < 4.78 is 4.99. The molecule has 328 valence electrons. The highest BCUT2D eigenvalue weighted by Crippen LogP contribution is 2.64. The molecule has 15 rings (SSSR count). The van der Waals surface area contributed by atoms with Gasteiger partial charge in [0.2, 0.25) is 0 Å². The van der Waals surface area contributed by atoms with Crippen molar-refractivity contribution < 1.29 is 0 Å². The summed E-state index contributed by atoms with van der Waals surface area (Å²) in [6.45, 7) is 2.35. The van der Waals surface area contributed by atoms with E-state index in [1.807, 2.05) is 0 Å². The van der Waals surface area contributed by atoms with Crippen LogP contribution in [0.3, 0.4) is 0 Å². The van der Waals surface area contributed by atoms with Crippen molar-refractivity contribution in [1.29, 1.82) is 0 Å². The lowest BCUT2D eigenvalue weighted by molar-refractivity contribution is 0.656. The molecule has 4 heteroatoms. The third-order valence-electron chi connectivity index (χ3n) is 15.7. The standard InChI is InChI=1S/C66H44N4/c1-41-63-64(67-65(45-20-7-3-8-21-45)68-66(41,63)49-24-9-4-10-25-49)55-27-15-23-48-37-51(32-34-52(48)55)70-59-38-47(42-16-5-2-6-17-42)29-33-54(59)56-39-57-61(40-60(56)70)69(50-31-28-43-18-11-12-22-46(43)36-50)58-35-30-44-19-13-14-26-53(44)62(57)58/h2-41,63H,1H3. The van der Waals surface area contributed by atoms with Crippen molar-refractivity contribution in [1.82, 2.24) is 9.13 Å². The Morgan fingerprint density at radius 3 is 1.81 bits per heavy atom. The quantitative estimate of drug-likeness (QED) is 0.159. The van der Waals surface area contributed by atoms with Crippen LogP contribution in [0.25, 0.3) is 98.4 Å². The molecule has 1 saturated carbocycles. The van der Waals surface area contributed by atoms with Crippen LogP contribution in [0, 0.1) is 11.8 Å². The van der Waals surface area contributed by atoms with Crippen LogP contribution in [0.1, 0.15) is 23.6 Å². The minimum Gasteiger partial charge on any atom is -0.309 e. The van der Waals surface area contributed by atoms with Crippen molar-refractivity contribution in [2.24, 2.45) is 21.8 Å². The number of aromatic nitrogens is 2. The van der Waals surface area contributed by atoms with E-state index in [9.17, 15) is 0 Å². The number of hydrogen-bond acceptors (Lipinski definition) is 2. The maximum atomic E-state index is 5.51. The highest BCUT2D eigenvalue weighted by molar-refractivity contribution is 6.26. The van der Waals surface area contributed by atoms with E-state index in [1.165, 1.54) is 92.7 Å². The van der Waals surface area contributed by atoms with Crippen LogP contribution < -0.4 is 0 Å². The molecule has 11 aromatic carbocycles. The van der Waals surface area contributed by atoms with Gasteiger partial charge in [-0.1, -0.05) is 195 Å². The van der Waals surface area contributed by atoms with Gasteiger partial charge in [-0.05, 0) is 103 Å². The fourth-order valence-electron chi connectivity index (χ4n) is 12.3. The van der Waals surface area contributed by atoms with Crippen LogP contribution in [0.2, 0.25) is 0 Å². The highest BCUT2D eigenvalue weighted by atomic mass is 15.1. The van der Waals surface area contributed by atoms with Gasteiger partial charge in [0.25, 0.3) is 0 Å². The van der Waals surface area contributed by atoms with Gasteiger partial charge in [0.1, 0.15) is 5.54 Å². The summed E-state index contributed by atoms with van der Waals surface area (Å²) in [5.74, 6) is 1.25. The number of amidine groups is 1. The Morgan fingerprint density at radius 2 is 1.00 bits per heavy atom. The zero-order valence-electron chi connectivity index (χ0n) is 38.5. The lowest BCUT2D eigenvalue weighted by Gasteiger charge is -2.22. The third kappa shape index (κ3) is 5.65. The molecule has 3 heterocycles. The molecule has 0 bridgehead atoms. The third-order valence-corrected chi connectivity index (χ3v) is 15.7. The summed E-state index contributed by atoms with van der Waals surface area (Å²) in [6.07, 6.45) is 0. The molecule has 4 nitrogen and oxygen atoms in total. The van der Waals surface area contributed by atoms with Crippen molar-refractivity contribution in [3.8, 4) is 22.5 Å². The Labute approximate surface area is 404 Å². The maximum absolute atomic E-state index is 5.51. The maximum Gasteiger partial charge on any atom is 0.155 e. The van der Waals surface area contributed by atoms with E-state index in [4.69, 9.17) is 9.98 Å². The molecule has 1 aliphatic carbocycles. The van der Waals surface area contributed by atoms with Crippen molar-refractivity contribution in [3.05, 3.63) is 253 Å². The molecule has 1 fully saturated rings. The molecule has 2 aliphatic rings. The Bertz CT molecular complexity index is 4370. The monoisotopic (exact) mass is 892 g/mol. The molecule has 0 spiro atoms. The van der Waals surface area contributed by atoms with Gasteiger partial charge in [-0.25, -0.2) is 4.99 Å². The fraction of sp³-hybridized carbons (Fsp3) is 0.0606. The molecule has 0 radical (unpaired) electrons. The molecule has 13 aromatic rings. The Hall–Kier alpha value is -8.86. The predicted molar refractivity (Wildman–Crippen MR) is 293 cm³/mol. The zero-order valence-corrected chi connectivity index (χ0v) is 38.5. The van der Waals surface area contributed by atoms with Crippen molar-refractivity contribution in [2.75, 3.05) is 0 Å². The topological polar surface area (TPSA) is 34.6 Å². The summed E-state index contributed by atoms with van der Waals surface area (Å²) in [5, 5.41) is 12.3. The molecule has 3 unspecified atom stereocenters. The van der Waals surface area contributed by atoms with Gasteiger partial charge < -0.3 is 9.13 Å². The first-order valence-corrected chi connectivity index (χ1v) is 24.4. The second-order valence-corrected chi connectivity index (χ2v) is 19.3. The van der Waals surface area contributed by atoms with Gasteiger partial charge in [0, 0.05) is 50.0 Å². The summed E-state index contributed by atoms with van der Waals surface area (Å²) in [7, 11) is 0. The number of benzene rings is 11. The van der Waals surface area contributed by atoms with Crippen LogP contribution in [0.15, 0.2) is 247 Å². The Balaban J connectivity index is 0.981. The highest BCUT2D eigenvalue weighted by Gasteiger charge is 2.67. The molecule has 0 saturated heterocycles. The lowest BCUT2D eigenvalue weighted by atomic mass is 9.92. The van der Waals surface area contributed by atoms with E-state index in [0.29, 0.717) is 5.92 Å². The fourth-order valence-corrected chi connectivity index (χ4v) is 12.3. The molecule has 2 aromatic heterocycles. The van der Waals surface area contributed by atoms with E-state index in [1.54, 1.807) is 0 Å². The van der Waals surface area contributed by atoms with Gasteiger partial charge in [-0.3, -0.25) is 4.99 Å². The minimum atomic E-state index is -0.363. The molecule has 0 amide bonds. The van der Waals surface area contributed by atoms with Crippen LogP contribution in [0.5, 0.6) is 0 Å². The van der Waals surface area contributed by atoms with Crippen molar-refractivity contribution >= 4 is 87.5 Å². The van der Waals surface area contributed by atoms with E-state index in [-0.39, 0.29) is 11.5 Å². The first-order chi connectivity index (χ1) is 34.6. The summed E-state index contributed by atoms with van der Waals surface area (Å²) in [4.78, 5) is 11.0. The lowest BCUT2D eigenvalue weighted by Crippen LogP contribution is -2.23. The summed E-state index contributed by atoms with van der Waals surface area (Å²) in [6, 6.07) is 86.8.